The molecule has 0 heterocycles. The summed E-state index contributed by atoms with van der Waals surface area (Å²) in [4.78, 5) is 0.410. The highest BCUT2D eigenvalue weighted by Gasteiger charge is 2.17. The Kier molecular flexibility index (Phi) is 5.68. The lowest BCUT2D eigenvalue weighted by Crippen LogP contribution is -2.21. The van der Waals surface area contributed by atoms with Crippen LogP contribution in [0.15, 0.2) is 30.3 Å². The minimum Gasteiger partial charge on any atom is -0.376 e. The SMILES string of the molecule is CC(CCOC(C)(C)C)C(Br)c1ccccc1. The molecule has 0 aliphatic heterocycles. The van der Waals surface area contributed by atoms with Gasteiger partial charge < -0.3 is 4.74 Å². The highest BCUT2D eigenvalue weighted by atomic mass is 79.9. The van der Waals surface area contributed by atoms with Crippen molar-refractivity contribution in [3.05, 3.63) is 35.9 Å². The van der Waals surface area contributed by atoms with Crippen molar-refractivity contribution < 1.29 is 4.74 Å². The lowest BCUT2D eigenvalue weighted by atomic mass is 9.98. The van der Waals surface area contributed by atoms with Gasteiger partial charge in [-0.15, -0.1) is 0 Å². The minimum atomic E-state index is -0.0335. The second-order valence-corrected chi connectivity index (χ2v) is 6.53. The Morgan fingerprint density at radius 1 is 1.18 bits per heavy atom. The number of hydrogen-bond acceptors (Lipinski definition) is 1. The van der Waals surface area contributed by atoms with Gasteiger partial charge in [0.2, 0.25) is 0 Å². The zero-order chi connectivity index (χ0) is 12.9. The van der Waals surface area contributed by atoms with Gasteiger partial charge in [0.05, 0.1) is 5.60 Å². The van der Waals surface area contributed by atoms with E-state index < -0.39 is 0 Å². The molecule has 2 atom stereocenters. The Labute approximate surface area is 114 Å². The van der Waals surface area contributed by atoms with Crippen LogP contribution >= 0.6 is 15.9 Å². The molecule has 96 valence electrons. The molecular weight excluding hydrogens is 276 g/mol. The molecule has 1 rings (SSSR count). The summed E-state index contributed by atoms with van der Waals surface area (Å²) in [6.45, 7) is 9.37. The van der Waals surface area contributed by atoms with E-state index >= 15 is 0 Å². The van der Waals surface area contributed by atoms with Crippen LogP contribution in [0.1, 0.15) is 44.5 Å². The fourth-order valence-electron chi connectivity index (χ4n) is 1.66. The van der Waals surface area contributed by atoms with Crippen LogP contribution in [0.2, 0.25) is 0 Å². The van der Waals surface area contributed by atoms with Crippen LogP contribution in [0.3, 0.4) is 0 Å². The molecule has 1 aromatic rings. The first-order chi connectivity index (χ1) is 7.90. The Hall–Kier alpha value is -0.340. The van der Waals surface area contributed by atoms with Gasteiger partial charge in [-0.05, 0) is 38.7 Å². The second kappa shape index (κ2) is 6.55. The lowest BCUT2D eigenvalue weighted by molar-refractivity contribution is -0.00849. The van der Waals surface area contributed by atoms with Crippen LogP contribution in [-0.4, -0.2) is 12.2 Å². The van der Waals surface area contributed by atoms with Gasteiger partial charge in [-0.1, -0.05) is 53.2 Å². The Bertz CT molecular complexity index is 315. The van der Waals surface area contributed by atoms with Crippen molar-refractivity contribution >= 4 is 15.9 Å². The third kappa shape index (κ3) is 5.69. The van der Waals surface area contributed by atoms with Crippen molar-refractivity contribution in [2.24, 2.45) is 5.92 Å². The molecule has 0 aromatic heterocycles. The van der Waals surface area contributed by atoms with Crippen molar-refractivity contribution in [3.63, 3.8) is 0 Å². The summed E-state index contributed by atoms with van der Waals surface area (Å²) in [5, 5.41) is 0. The number of ether oxygens (including phenoxy) is 1. The fourth-order valence-corrected chi connectivity index (χ4v) is 2.23. The fraction of sp³-hybridized carbons (Fsp3) is 0.600. The molecule has 0 saturated heterocycles. The molecular formula is C15H23BrO. The zero-order valence-electron chi connectivity index (χ0n) is 11.2. The summed E-state index contributed by atoms with van der Waals surface area (Å²) < 4.78 is 5.77. The maximum atomic E-state index is 5.77. The molecule has 0 amide bonds. The first-order valence-electron chi connectivity index (χ1n) is 6.23. The van der Waals surface area contributed by atoms with Crippen LogP contribution in [0.5, 0.6) is 0 Å². The first kappa shape index (κ1) is 14.7. The molecule has 0 saturated carbocycles. The van der Waals surface area contributed by atoms with Crippen LogP contribution in [0.4, 0.5) is 0 Å². The summed E-state index contributed by atoms with van der Waals surface area (Å²) in [6, 6.07) is 10.6. The molecule has 0 N–H and O–H groups in total. The van der Waals surface area contributed by atoms with Crippen LogP contribution in [0.25, 0.3) is 0 Å². The number of alkyl halides is 1. The van der Waals surface area contributed by atoms with Gasteiger partial charge in [-0.2, -0.15) is 0 Å². The molecule has 17 heavy (non-hydrogen) atoms. The van der Waals surface area contributed by atoms with Gasteiger partial charge >= 0.3 is 0 Å². The average molecular weight is 299 g/mol. The first-order valence-corrected chi connectivity index (χ1v) is 7.14. The third-order valence-electron chi connectivity index (χ3n) is 2.73. The predicted octanol–water partition coefficient (Wildman–Crippen LogP) is 4.96. The van der Waals surface area contributed by atoms with Crippen molar-refractivity contribution in [1.82, 2.24) is 0 Å². The van der Waals surface area contributed by atoms with E-state index in [0.29, 0.717) is 10.7 Å². The van der Waals surface area contributed by atoms with Crippen molar-refractivity contribution in [2.45, 2.75) is 44.5 Å². The van der Waals surface area contributed by atoms with Crippen LogP contribution < -0.4 is 0 Å². The van der Waals surface area contributed by atoms with Crippen molar-refractivity contribution in [1.29, 1.82) is 0 Å². The monoisotopic (exact) mass is 298 g/mol. The van der Waals surface area contributed by atoms with E-state index in [2.05, 4.69) is 74.0 Å². The summed E-state index contributed by atoms with van der Waals surface area (Å²) in [7, 11) is 0. The van der Waals surface area contributed by atoms with Gasteiger partial charge in [0.1, 0.15) is 0 Å². The quantitative estimate of drug-likeness (QED) is 0.698. The highest BCUT2D eigenvalue weighted by Crippen LogP contribution is 2.32. The molecule has 2 heteroatoms. The summed E-state index contributed by atoms with van der Waals surface area (Å²) in [6.07, 6.45) is 1.07. The van der Waals surface area contributed by atoms with E-state index in [4.69, 9.17) is 4.74 Å². The molecule has 1 aromatic carbocycles. The predicted molar refractivity (Wildman–Crippen MR) is 77.6 cm³/mol. The number of halogens is 1. The highest BCUT2D eigenvalue weighted by molar-refractivity contribution is 9.09. The second-order valence-electron chi connectivity index (χ2n) is 5.54. The van der Waals surface area contributed by atoms with Crippen LogP contribution in [-0.2, 0) is 4.74 Å². The Morgan fingerprint density at radius 2 is 1.76 bits per heavy atom. The standard InChI is InChI=1S/C15H23BrO/c1-12(10-11-17-15(2,3)4)14(16)13-8-6-5-7-9-13/h5-9,12,14H,10-11H2,1-4H3. The molecule has 0 spiro atoms. The summed E-state index contributed by atoms with van der Waals surface area (Å²) in [5.74, 6) is 0.569. The van der Waals surface area contributed by atoms with Gasteiger partial charge in [0.15, 0.2) is 0 Å². The maximum Gasteiger partial charge on any atom is 0.0598 e. The minimum absolute atomic E-state index is 0.0335. The van der Waals surface area contributed by atoms with Gasteiger partial charge in [0.25, 0.3) is 0 Å². The largest absolute Gasteiger partial charge is 0.376 e. The van der Waals surface area contributed by atoms with E-state index in [1.165, 1.54) is 5.56 Å². The van der Waals surface area contributed by atoms with Gasteiger partial charge in [0, 0.05) is 11.4 Å². The third-order valence-corrected chi connectivity index (χ3v) is 4.16. The van der Waals surface area contributed by atoms with E-state index in [9.17, 15) is 0 Å². The smallest absolute Gasteiger partial charge is 0.0598 e. The van der Waals surface area contributed by atoms with Crippen molar-refractivity contribution in [2.75, 3.05) is 6.61 Å². The number of hydrogen-bond donors (Lipinski definition) is 0. The van der Waals surface area contributed by atoms with Crippen LogP contribution in [0, 0.1) is 5.92 Å². The van der Waals surface area contributed by atoms with Gasteiger partial charge in [-0.3, -0.25) is 0 Å². The zero-order valence-corrected chi connectivity index (χ0v) is 12.8. The summed E-state index contributed by atoms with van der Waals surface area (Å²) in [5.41, 5.74) is 1.31. The molecule has 2 unspecified atom stereocenters. The molecule has 1 nitrogen and oxygen atoms in total. The summed E-state index contributed by atoms with van der Waals surface area (Å²) >= 11 is 3.78. The normalized spacial score (nSPS) is 15.6. The van der Waals surface area contributed by atoms with E-state index in [1.807, 2.05) is 0 Å². The maximum absolute atomic E-state index is 5.77. The van der Waals surface area contributed by atoms with E-state index in [0.717, 1.165) is 13.0 Å². The molecule has 0 aliphatic carbocycles. The lowest BCUT2D eigenvalue weighted by Gasteiger charge is -2.23. The topological polar surface area (TPSA) is 9.23 Å². The average Bonchev–Trinajstić information content (AvgIpc) is 2.27. The molecule has 0 bridgehead atoms. The number of benzene rings is 1. The Morgan fingerprint density at radius 3 is 2.29 bits per heavy atom. The molecule has 0 radical (unpaired) electrons. The van der Waals surface area contributed by atoms with E-state index in [-0.39, 0.29) is 5.60 Å². The van der Waals surface area contributed by atoms with Gasteiger partial charge in [-0.25, -0.2) is 0 Å². The molecule has 0 fully saturated rings. The van der Waals surface area contributed by atoms with E-state index in [1.54, 1.807) is 0 Å². The number of rotatable bonds is 5. The van der Waals surface area contributed by atoms with Crippen molar-refractivity contribution in [3.8, 4) is 0 Å². The molecule has 0 aliphatic rings. The Balaban J connectivity index is 2.40.